The Morgan fingerprint density at radius 1 is 1.14 bits per heavy atom. The van der Waals surface area contributed by atoms with E-state index in [1.54, 1.807) is 6.07 Å². The van der Waals surface area contributed by atoms with Crippen LogP contribution in [0.5, 0.6) is 0 Å². The van der Waals surface area contributed by atoms with Gasteiger partial charge in [0.15, 0.2) is 0 Å². The lowest BCUT2D eigenvalue weighted by Crippen LogP contribution is -2.37. The Labute approximate surface area is 173 Å². The summed E-state index contributed by atoms with van der Waals surface area (Å²) < 4.78 is 0. The number of hydrogen-bond donors (Lipinski definition) is 2. The van der Waals surface area contributed by atoms with Gasteiger partial charge in [-0.1, -0.05) is 49.4 Å². The number of benzene rings is 2. The molecule has 1 aliphatic heterocycles. The first-order chi connectivity index (χ1) is 14.1. The fourth-order valence-corrected chi connectivity index (χ4v) is 4.66. The first kappa shape index (κ1) is 20.1. The Hall–Kier alpha value is -2.17. The molecule has 154 valence electrons. The van der Waals surface area contributed by atoms with Crippen LogP contribution in [-0.4, -0.2) is 41.7 Å². The number of nitrogens with one attached hydrogen (secondary N) is 1. The van der Waals surface area contributed by atoms with Crippen LogP contribution in [0.2, 0.25) is 0 Å². The first-order valence-electron chi connectivity index (χ1n) is 11.0. The molecule has 0 spiro atoms. The summed E-state index contributed by atoms with van der Waals surface area (Å²) in [6.07, 6.45) is 4.51. The largest absolute Gasteiger partial charge is 0.478 e. The second-order valence-corrected chi connectivity index (χ2v) is 8.64. The fourth-order valence-electron chi connectivity index (χ4n) is 4.66. The van der Waals surface area contributed by atoms with E-state index in [0.29, 0.717) is 17.5 Å². The van der Waals surface area contributed by atoms with E-state index >= 15 is 0 Å². The second-order valence-electron chi connectivity index (χ2n) is 8.64. The van der Waals surface area contributed by atoms with E-state index in [1.807, 2.05) is 13.0 Å². The summed E-state index contributed by atoms with van der Waals surface area (Å²) in [6, 6.07) is 17.3. The third-order valence-corrected chi connectivity index (χ3v) is 6.58. The fraction of sp³-hybridized carbons (Fsp3) is 0.480. The van der Waals surface area contributed by atoms with Crippen molar-refractivity contribution in [1.29, 1.82) is 0 Å². The van der Waals surface area contributed by atoms with E-state index in [1.165, 1.54) is 30.4 Å². The molecule has 0 radical (unpaired) electrons. The molecule has 2 aromatic rings. The number of aryl methyl sites for hydroxylation is 1. The molecule has 4 nitrogen and oxygen atoms in total. The van der Waals surface area contributed by atoms with Gasteiger partial charge in [-0.25, -0.2) is 4.79 Å². The lowest BCUT2D eigenvalue weighted by atomic mass is 9.95. The Bertz CT molecular complexity index is 828. The van der Waals surface area contributed by atoms with Gasteiger partial charge in [0.1, 0.15) is 0 Å². The molecule has 4 heteroatoms. The Kier molecular flexibility index (Phi) is 6.31. The lowest BCUT2D eigenvalue weighted by molar-refractivity contribution is 0.0695. The third kappa shape index (κ3) is 5.06. The maximum absolute atomic E-state index is 11.3. The summed E-state index contributed by atoms with van der Waals surface area (Å²) in [5.41, 5.74) is 4.08. The van der Waals surface area contributed by atoms with Gasteiger partial charge in [0.25, 0.3) is 0 Å². The van der Waals surface area contributed by atoms with E-state index in [0.717, 1.165) is 44.1 Å². The highest BCUT2D eigenvalue weighted by atomic mass is 16.4. The number of hydrogen-bond acceptors (Lipinski definition) is 3. The summed E-state index contributed by atoms with van der Waals surface area (Å²) in [7, 11) is 0. The average molecular weight is 393 g/mol. The number of likely N-dealkylation sites (tertiary alicyclic amines) is 1. The van der Waals surface area contributed by atoms with Crippen molar-refractivity contribution in [2.45, 2.75) is 51.1 Å². The molecule has 0 aromatic heterocycles. The second kappa shape index (κ2) is 9.10. The molecule has 4 rings (SSSR count). The predicted molar refractivity (Wildman–Crippen MR) is 116 cm³/mol. The summed E-state index contributed by atoms with van der Waals surface area (Å²) in [6.45, 7) is 6.33. The third-order valence-electron chi connectivity index (χ3n) is 6.58. The summed E-state index contributed by atoms with van der Waals surface area (Å²) in [5.74, 6) is 0.647. The zero-order valence-electron chi connectivity index (χ0n) is 17.3. The number of piperidine rings is 1. The van der Waals surface area contributed by atoms with Gasteiger partial charge in [-0.3, -0.25) is 4.90 Å². The van der Waals surface area contributed by atoms with Gasteiger partial charge in [0.05, 0.1) is 5.56 Å². The zero-order valence-corrected chi connectivity index (χ0v) is 17.3. The monoisotopic (exact) mass is 392 g/mol. The maximum atomic E-state index is 11.3. The number of carboxylic acid groups (broad SMARTS) is 1. The number of carboxylic acids is 1. The molecule has 2 fully saturated rings. The minimum atomic E-state index is -0.827. The van der Waals surface area contributed by atoms with Crippen molar-refractivity contribution in [3.63, 3.8) is 0 Å². The van der Waals surface area contributed by atoms with Gasteiger partial charge < -0.3 is 10.4 Å². The summed E-state index contributed by atoms with van der Waals surface area (Å²) in [4.78, 5) is 13.8. The molecule has 2 N–H and O–H groups in total. The molecule has 2 unspecified atom stereocenters. The van der Waals surface area contributed by atoms with Gasteiger partial charge in [-0.05, 0) is 74.0 Å². The van der Waals surface area contributed by atoms with E-state index in [-0.39, 0.29) is 0 Å². The van der Waals surface area contributed by atoms with Crippen LogP contribution >= 0.6 is 0 Å². The highest BCUT2D eigenvalue weighted by Gasteiger charge is 2.38. The van der Waals surface area contributed by atoms with E-state index in [2.05, 4.69) is 46.6 Å². The molecule has 1 heterocycles. The first-order valence-corrected chi connectivity index (χ1v) is 11.0. The number of carbonyl (C=O) groups is 1. The molecule has 2 atom stereocenters. The molecule has 0 bridgehead atoms. The Morgan fingerprint density at radius 3 is 2.59 bits per heavy atom. The molecular weight excluding hydrogens is 360 g/mol. The zero-order chi connectivity index (χ0) is 20.2. The van der Waals surface area contributed by atoms with Crippen molar-refractivity contribution in [3.8, 4) is 0 Å². The van der Waals surface area contributed by atoms with E-state index in [9.17, 15) is 9.90 Å². The van der Waals surface area contributed by atoms with Crippen LogP contribution in [0.25, 0.3) is 0 Å². The minimum Gasteiger partial charge on any atom is -0.478 e. The molecule has 1 saturated heterocycles. The van der Waals surface area contributed by atoms with Crippen molar-refractivity contribution in [2.24, 2.45) is 5.92 Å². The van der Waals surface area contributed by atoms with Crippen LogP contribution in [0, 0.1) is 5.92 Å². The SMILES string of the molecule is CCc1cc(CN2CCC(CNC3CC3c3ccccc3)CC2)ccc1C(=O)O. The Morgan fingerprint density at radius 2 is 1.90 bits per heavy atom. The highest BCUT2D eigenvalue weighted by molar-refractivity contribution is 5.89. The molecule has 0 amide bonds. The molecular formula is C25H32N2O2. The van der Waals surface area contributed by atoms with Gasteiger partial charge in [0.2, 0.25) is 0 Å². The Balaban J connectivity index is 1.21. The van der Waals surface area contributed by atoms with Crippen molar-refractivity contribution < 1.29 is 9.90 Å². The van der Waals surface area contributed by atoms with Gasteiger partial charge in [-0.2, -0.15) is 0 Å². The van der Waals surface area contributed by atoms with E-state index in [4.69, 9.17) is 0 Å². The van der Waals surface area contributed by atoms with Crippen LogP contribution in [0.3, 0.4) is 0 Å². The lowest BCUT2D eigenvalue weighted by Gasteiger charge is -2.32. The van der Waals surface area contributed by atoms with Gasteiger partial charge in [-0.15, -0.1) is 0 Å². The average Bonchev–Trinajstić information content (AvgIpc) is 3.53. The minimum absolute atomic E-state index is 0.440. The van der Waals surface area contributed by atoms with E-state index < -0.39 is 5.97 Å². The number of nitrogens with zero attached hydrogens (tertiary/aromatic N) is 1. The van der Waals surface area contributed by atoms with Crippen molar-refractivity contribution in [1.82, 2.24) is 10.2 Å². The maximum Gasteiger partial charge on any atom is 0.335 e. The van der Waals surface area contributed by atoms with Crippen LogP contribution in [0.4, 0.5) is 0 Å². The normalized spacial score (nSPS) is 22.5. The molecule has 2 aliphatic rings. The van der Waals surface area contributed by atoms with Gasteiger partial charge in [0, 0.05) is 18.5 Å². The highest BCUT2D eigenvalue weighted by Crippen LogP contribution is 2.40. The summed E-state index contributed by atoms with van der Waals surface area (Å²) >= 11 is 0. The van der Waals surface area contributed by atoms with Crippen LogP contribution in [0.1, 0.15) is 59.2 Å². The molecule has 1 saturated carbocycles. The van der Waals surface area contributed by atoms with Crippen LogP contribution in [-0.2, 0) is 13.0 Å². The number of aromatic carboxylic acids is 1. The van der Waals surface area contributed by atoms with Crippen LogP contribution < -0.4 is 5.32 Å². The van der Waals surface area contributed by atoms with Crippen molar-refractivity contribution in [2.75, 3.05) is 19.6 Å². The van der Waals surface area contributed by atoms with Crippen LogP contribution in [0.15, 0.2) is 48.5 Å². The number of rotatable bonds is 8. The standard InChI is InChI=1S/C25H32N2O2/c1-2-20-14-19(8-9-22(20)25(28)29)17-27-12-10-18(11-13-27)16-26-24-15-23(24)21-6-4-3-5-7-21/h3-9,14,18,23-24,26H,2,10-13,15-17H2,1H3,(H,28,29). The quantitative estimate of drug-likeness (QED) is 0.703. The topological polar surface area (TPSA) is 52.6 Å². The molecule has 29 heavy (non-hydrogen) atoms. The van der Waals surface area contributed by atoms with Crippen molar-refractivity contribution in [3.05, 3.63) is 70.8 Å². The smallest absolute Gasteiger partial charge is 0.335 e. The van der Waals surface area contributed by atoms with Crippen molar-refractivity contribution >= 4 is 5.97 Å². The molecule has 2 aromatic carbocycles. The molecule has 1 aliphatic carbocycles. The van der Waals surface area contributed by atoms with Gasteiger partial charge >= 0.3 is 5.97 Å². The predicted octanol–water partition coefficient (Wildman–Crippen LogP) is 4.30. The summed E-state index contributed by atoms with van der Waals surface area (Å²) in [5, 5.41) is 13.1.